The summed E-state index contributed by atoms with van der Waals surface area (Å²) in [6.45, 7) is 6.64. The molecule has 2 rings (SSSR count). The molecule has 0 aliphatic carbocycles. The number of nitrogens with zero attached hydrogens (tertiary/aromatic N) is 2. The van der Waals surface area contributed by atoms with Crippen LogP contribution in [0.25, 0.3) is 0 Å². The molecule has 0 aromatic heterocycles. The smallest absolute Gasteiger partial charge is 0.193 e. The second-order valence-corrected chi connectivity index (χ2v) is 9.49. The lowest BCUT2D eigenvalue weighted by Gasteiger charge is -2.37. The molecule has 8 heteroatoms. The van der Waals surface area contributed by atoms with E-state index in [0.29, 0.717) is 25.7 Å². The lowest BCUT2D eigenvalue weighted by Crippen LogP contribution is -2.55. The Balaban J connectivity index is 1.95. The molecule has 0 saturated carbocycles. The van der Waals surface area contributed by atoms with Crippen molar-refractivity contribution in [2.45, 2.75) is 43.6 Å². The SMILES string of the molecule is CN=C(NCC(C)(C)S(C)(=O)=O)N1CCOC(C2CCCO2)C1. The molecule has 2 saturated heterocycles. The predicted octanol–water partition coefficient (Wildman–Crippen LogP) is 0.265. The lowest BCUT2D eigenvalue weighted by molar-refractivity contribution is -0.0817. The van der Waals surface area contributed by atoms with E-state index in [0.717, 1.165) is 26.0 Å². The van der Waals surface area contributed by atoms with Crippen molar-refractivity contribution >= 4 is 15.8 Å². The zero-order valence-electron chi connectivity index (χ0n) is 14.5. The highest BCUT2D eigenvalue weighted by Crippen LogP contribution is 2.21. The maximum atomic E-state index is 11.8. The van der Waals surface area contributed by atoms with Gasteiger partial charge in [-0.2, -0.15) is 0 Å². The number of guanidine groups is 1. The topological polar surface area (TPSA) is 80.2 Å². The molecule has 0 spiro atoms. The number of rotatable bonds is 4. The highest BCUT2D eigenvalue weighted by atomic mass is 32.2. The molecule has 23 heavy (non-hydrogen) atoms. The van der Waals surface area contributed by atoms with Crippen LogP contribution >= 0.6 is 0 Å². The number of hydrogen-bond acceptors (Lipinski definition) is 5. The van der Waals surface area contributed by atoms with E-state index >= 15 is 0 Å². The summed E-state index contributed by atoms with van der Waals surface area (Å²) in [4.78, 5) is 6.42. The summed E-state index contributed by atoms with van der Waals surface area (Å²) >= 11 is 0. The molecule has 0 aromatic rings. The van der Waals surface area contributed by atoms with Gasteiger partial charge in [0.2, 0.25) is 0 Å². The molecule has 0 bridgehead atoms. The number of ether oxygens (including phenoxy) is 2. The fourth-order valence-electron chi connectivity index (χ4n) is 2.74. The molecular weight excluding hydrogens is 318 g/mol. The fourth-order valence-corrected chi connectivity index (χ4v) is 3.08. The summed E-state index contributed by atoms with van der Waals surface area (Å²) in [5.41, 5.74) is 0. The molecule has 0 amide bonds. The summed E-state index contributed by atoms with van der Waals surface area (Å²) < 4.78 is 34.4. The maximum Gasteiger partial charge on any atom is 0.193 e. The highest BCUT2D eigenvalue weighted by Gasteiger charge is 2.34. The van der Waals surface area contributed by atoms with E-state index in [4.69, 9.17) is 9.47 Å². The van der Waals surface area contributed by atoms with Crippen LogP contribution in [0.2, 0.25) is 0 Å². The van der Waals surface area contributed by atoms with Crippen molar-refractivity contribution in [3.05, 3.63) is 0 Å². The number of nitrogens with one attached hydrogen (secondary N) is 1. The molecule has 1 N–H and O–H groups in total. The van der Waals surface area contributed by atoms with Gasteiger partial charge in [0.1, 0.15) is 6.10 Å². The van der Waals surface area contributed by atoms with E-state index in [2.05, 4.69) is 15.2 Å². The minimum absolute atomic E-state index is 0.0488. The van der Waals surface area contributed by atoms with Crippen LogP contribution in [0.1, 0.15) is 26.7 Å². The molecule has 7 nitrogen and oxygen atoms in total. The van der Waals surface area contributed by atoms with Crippen molar-refractivity contribution < 1.29 is 17.9 Å². The molecule has 2 fully saturated rings. The van der Waals surface area contributed by atoms with Crippen LogP contribution in [-0.4, -0.2) is 82.4 Å². The first-order valence-electron chi connectivity index (χ1n) is 8.13. The van der Waals surface area contributed by atoms with Gasteiger partial charge in [-0.1, -0.05) is 0 Å². The maximum absolute atomic E-state index is 11.8. The third-order valence-electron chi connectivity index (χ3n) is 4.66. The Morgan fingerprint density at radius 1 is 1.30 bits per heavy atom. The van der Waals surface area contributed by atoms with E-state index in [1.165, 1.54) is 6.26 Å². The van der Waals surface area contributed by atoms with E-state index in [1.807, 2.05) is 0 Å². The van der Waals surface area contributed by atoms with E-state index in [-0.39, 0.29) is 12.2 Å². The van der Waals surface area contributed by atoms with Crippen LogP contribution in [0.4, 0.5) is 0 Å². The summed E-state index contributed by atoms with van der Waals surface area (Å²) in [5, 5.41) is 3.20. The molecule has 0 radical (unpaired) electrons. The van der Waals surface area contributed by atoms with E-state index in [9.17, 15) is 8.42 Å². The zero-order chi connectivity index (χ0) is 17.1. The lowest BCUT2D eigenvalue weighted by atomic mass is 10.1. The van der Waals surface area contributed by atoms with Gasteiger partial charge in [0.15, 0.2) is 15.8 Å². The molecule has 2 aliphatic heterocycles. The highest BCUT2D eigenvalue weighted by molar-refractivity contribution is 7.92. The third-order valence-corrected chi connectivity index (χ3v) is 6.81. The van der Waals surface area contributed by atoms with Gasteiger partial charge in [-0.25, -0.2) is 8.42 Å². The van der Waals surface area contributed by atoms with Crippen LogP contribution in [-0.2, 0) is 19.3 Å². The van der Waals surface area contributed by atoms with Crippen molar-refractivity contribution in [3.8, 4) is 0 Å². The Morgan fingerprint density at radius 3 is 2.57 bits per heavy atom. The quantitative estimate of drug-likeness (QED) is 0.581. The Kier molecular flexibility index (Phi) is 5.91. The zero-order valence-corrected chi connectivity index (χ0v) is 15.4. The van der Waals surface area contributed by atoms with Gasteiger partial charge < -0.3 is 19.7 Å². The van der Waals surface area contributed by atoms with Gasteiger partial charge >= 0.3 is 0 Å². The Hall–Kier alpha value is -0.860. The standard InChI is InChI=1S/C15H29N3O4S/c1-15(2,23(4,19)20)11-17-14(16-3)18-7-9-22-13(10-18)12-6-5-8-21-12/h12-13H,5-11H2,1-4H3,(H,16,17). The summed E-state index contributed by atoms with van der Waals surface area (Å²) in [7, 11) is -1.43. The van der Waals surface area contributed by atoms with Crippen molar-refractivity contribution in [2.75, 3.05) is 46.2 Å². The summed E-state index contributed by atoms with van der Waals surface area (Å²) in [6.07, 6.45) is 3.59. The van der Waals surface area contributed by atoms with Crippen LogP contribution < -0.4 is 5.32 Å². The molecule has 0 aromatic carbocycles. The minimum Gasteiger partial charge on any atom is -0.375 e. The monoisotopic (exact) mass is 347 g/mol. The summed E-state index contributed by atoms with van der Waals surface area (Å²) in [5.74, 6) is 0.716. The molecule has 2 atom stereocenters. The van der Waals surface area contributed by atoms with E-state index < -0.39 is 14.6 Å². The molecular formula is C15H29N3O4S. The number of sulfone groups is 1. The van der Waals surface area contributed by atoms with Crippen LogP contribution in [0.5, 0.6) is 0 Å². The second kappa shape index (κ2) is 7.36. The first-order valence-corrected chi connectivity index (χ1v) is 10.0. The van der Waals surface area contributed by atoms with Crippen LogP contribution in [0, 0.1) is 0 Å². The molecule has 134 valence electrons. The average molecular weight is 347 g/mol. The molecule has 2 heterocycles. The van der Waals surface area contributed by atoms with Crippen molar-refractivity contribution in [1.29, 1.82) is 0 Å². The van der Waals surface area contributed by atoms with Crippen molar-refractivity contribution in [2.24, 2.45) is 4.99 Å². The van der Waals surface area contributed by atoms with Gasteiger partial charge in [0.05, 0.1) is 17.5 Å². The van der Waals surface area contributed by atoms with Crippen molar-refractivity contribution in [3.63, 3.8) is 0 Å². The molecule has 2 aliphatic rings. The van der Waals surface area contributed by atoms with Gasteiger partial charge in [-0.15, -0.1) is 0 Å². The van der Waals surface area contributed by atoms with Crippen molar-refractivity contribution in [1.82, 2.24) is 10.2 Å². The summed E-state index contributed by atoms with van der Waals surface area (Å²) in [6, 6.07) is 0. The molecule has 2 unspecified atom stereocenters. The van der Waals surface area contributed by atoms with Gasteiger partial charge in [-0.3, -0.25) is 4.99 Å². The Labute approximate surface area is 139 Å². The van der Waals surface area contributed by atoms with Gasteiger partial charge in [0.25, 0.3) is 0 Å². The first-order chi connectivity index (χ1) is 10.7. The van der Waals surface area contributed by atoms with Gasteiger partial charge in [0, 0.05) is 39.5 Å². The Bertz CT molecular complexity index is 527. The predicted molar refractivity (Wildman–Crippen MR) is 90.6 cm³/mol. The minimum atomic E-state index is -3.14. The number of morpholine rings is 1. The Morgan fingerprint density at radius 2 is 2.00 bits per heavy atom. The van der Waals surface area contributed by atoms with Gasteiger partial charge in [-0.05, 0) is 26.7 Å². The second-order valence-electron chi connectivity index (χ2n) is 6.84. The normalized spacial score (nSPS) is 27.3. The fraction of sp³-hybridized carbons (Fsp3) is 0.933. The van der Waals surface area contributed by atoms with E-state index in [1.54, 1.807) is 20.9 Å². The first kappa shape index (κ1) is 18.5. The van der Waals surface area contributed by atoms with Crippen LogP contribution in [0.15, 0.2) is 4.99 Å². The third kappa shape index (κ3) is 4.58. The number of aliphatic imine (C=N–C) groups is 1. The largest absolute Gasteiger partial charge is 0.375 e. The number of hydrogen-bond donors (Lipinski definition) is 1. The van der Waals surface area contributed by atoms with Crippen LogP contribution in [0.3, 0.4) is 0 Å². The average Bonchev–Trinajstić information content (AvgIpc) is 3.01.